The molecule has 4 saturated heterocycles. The standard InChI is InChI=1S/C54H86O14Si/c1-16-30(2)47-33(5)22-23-53(67-47)28-39-25-38(66-53)21-20-32(4)46(64-44-27-42(59-13)49(36(8)62-44)65-43-26-41(58-12)45(55)35(7)61-43)31(3)18-17-19-37-29-60-50-48(68-69(14,15)52(9,10)11)34(6)24-40(51(56)63-39)54(37,50)57/h17-20,22-24,30-31,33,35-36,38-50,55,57H,16,21,25-29H2,1-15H3/b18-17+,32-20+,37-19+/t30?,31-,33-,35-,36-,38+,39-,40-,41-,42-,43-,44-,45-,46-,47+,48+,49-,50+,53+,54+/m0/s1. The zero-order valence-electron chi connectivity index (χ0n) is 44.2. The highest BCUT2D eigenvalue weighted by Crippen LogP contribution is 2.50. The Labute approximate surface area is 413 Å². The molecule has 7 rings (SSSR count). The van der Waals surface area contributed by atoms with Crippen molar-refractivity contribution in [1.29, 1.82) is 0 Å². The second kappa shape index (κ2) is 21.8. The molecule has 0 radical (unpaired) electrons. The van der Waals surface area contributed by atoms with Crippen molar-refractivity contribution in [2.45, 2.75) is 230 Å². The molecule has 6 heterocycles. The Hall–Kier alpha value is -2.09. The minimum atomic E-state index is -2.37. The molecular formula is C54H86O14Si. The van der Waals surface area contributed by atoms with E-state index in [9.17, 15) is 15.0 Å². The minimum absolute atomic E-state index is 0.0880. The second-order valence-electron chi connectivity index (χ2n) is 22.8. The Morgan fingerprint density at radius 2 is 1.57 bits per heavy atom. The normalized spacial score (nSPS) is 45.9. The molecule has 15 heteroatoms. The van der Waals surface area contributed by atoms with Gasteiger partial charge in [0.1, 0.15) is 35.9 Å². The number of rotatable bonds is 10. The molecule has 2 bridgehead atoms. The molecule has 69 heavy (non-hydrogen) atoms. The second-order valence-corrected chi connectivity index (χ2v) is 27.6. The van der Waals surface area contributed by atoms with Gasteiger partial charge in [-0.05, 0) is 81.0 Å². The Morgan fingerprint density at radius 3 is 2.25 bits per heavy atom. The first-order chi connectivity index (χ1) is 32.4. The van der Waals surface area contributed by atoms with Crippen molar-refractivity contribution in [3.05, 3.63) is 59.3 Å². The van der Waals surface area contributed by atoms with Gasteiger partial charge in [0.25, 0.3) is 0 Å². The summed E-state index contributed by atoms with van der Waals surface area (Å²) in [7, 11) is 0.871. The van der Waals surface area contributed by atoms with Crippen LogP contribution in [0, 0.1) is 23.7 Å². The van der Waals surface area contributed by atoms with Crippen molar-refractivity contribution in [2.75, 3.05) is 20.8 Å². The molecule has 0 saturated carbocycles. The van der Waals surface area contributed by atoms with E-state index in [1.54, 1.807) is 14.2 Å². The molecule has 0 aromatic rings. The van der Waals surface area contributed by atoms with Gasteiger partial charge in [-0.25, -0.2) is 0 Å². The lowest BCUT2D eigenvalue weighted by Crippen LogP contribution is -2.60. The van der Waals surface area contributed by atoms with Crippen molar-refractivity contribution in [1.82, 2.24) is 0 Å². The van der Waals surface area contributed by atoms with Crippen molar-refractivity contribution in [2.24, 2.45) is 23.7 Å². The number of aliphatic hydroxyl groups is 2. The van der Waals surface area contributed by atoms with Gasteiger partial charge in [-0.2, -0.15) is 0 Å². The third-order valence-electron chi connectivity index (χ3n) is 16.7. The molecule has 390 valence electrons. The lowest BCUT2D eigenvalue weighted by Gasteiger charge is -2.49. The smallest absolute Gasteiger partial charge is 0.316 e. The fourth-order valence-electron chi connectivity index (χ4n) is 11.2. The van der Waals surface area contributed by atoms with Crippen molar-refractivity contribution in [3.8, 4) is 0 Å². The van der Waals surface area contributed by atoms with Gasteiger partial charge in [0, 0.05) is 51.7 Å². The SMILES string of the molecule is CCC(C)[C@H]1O[C@]2(C=C[C@@H]1C)C[C@@H]1C[C@@H](C/C=C(\C)[C@@H](O[C@H]3C[C@H](OC)[C@@H](O[C@H]4C[C@H](OC)[C@@H](O)[C@H](C)O4)[C@H](C)O3)[C@@H](C)/C=C/C=C3\CO[C@@H]4[C@H](O[Si](C)(C)C(C)(C)C)C(C)=C[C@@H](C(=O)O1)[C@]34O)O2. The molecule has 0 amide bonds. The topological polar surface area (TPSA) is 159 Å². The molecule has 4 fully saturated rings. The summed E-state index contributed by atoms with van der Waals surface area (Å²) in [6, 6.07) is 0. The summed E-state index contributed by atoms with van der Waals surface area (Å²) in [5.74, 6) is -2.40. The quantitative estimate of drug-likeness (QED) is 0.122. The van der Waals surface area contributed by atoms with E-state index in [1.165, 1.54) is 0 Å². The molecule has 1 aliphatic carbocycles. The number of ether oxygens (including phenoxy) is 10. The van der Waals surface area contributed by atoms with Crippen LogP contribution in [0.5, 0.6) is 0 Å². The number of allylic oxidation sites excluding steroid dienone is 2. The predicted octanol–water partition coefficient (Wildman–Crippen LogP) is 8.41. The van der Waals surface area contributed by atoms with Crippen LogP contribution in [0.4, 0.5) is 0 Å². The Bertz CT molecular complexity index is 1940. The maximum Gasteiger partial charge on any atom is 0.316 e. The zero-order chi connectivity index (χ0) is 50.4. The first-order valence-electron chi connectivity index (χ1n) is 25.8. The first-order valence-corrected chi connectivity index (χ1v) is 28.7. The molecule has 0 aromatic heterocycles. The molecule has 0 aromatic carbocycles. The third-order valence-corrected chi connectivity index (χ3v) is 21.2. The number of esters is 1. The van der Waals surface area contributed by atoms with E-state index in [4.69, 9.17) is 51.8 Å². The van der Waals surface area contributed by atoms with E-state index in [1.807, 2.05) is 45.1 Å². The molecular weight excluding hydrogens is 901 g/mol. The number of aliphatic hydroxyl groups excluding tert-OH is 1. The van der Waals surface area contributed by atoms with Crippen LogP contribution < -0.4 is 0 Å². The van der Waals surface area contributed by atoms with Gasteiger partial charge < -0.3 is 62.0 Å². The first kappa shape index (κ1) is 54.7. The fraction of sp³-hybridized carbons (Fsp3) is 0.796. The van der Waals surface area contributed by atoms with Crippen LogP contribution in [-0.4, -0.2) is 143 Å². The van der Waals surface area contributed by atoms with E-state index in [0.717, 1.165) is 17.6 Å². The van der Waals surface area contributed by atoms with Gasteiger partial charge in [-0.15, -0.1) is 0 Å². The van der Waals surface area contributed by atoms with Gasteiger partial charge in [-0.1, -0.05) is 91.3 Å². The average Bonchev–Trinajstić information content (AvgIpc) is 3.63. The Morgan fingerprint density at radius 1 is 0.884 bits per heavy atom. The number of carbonyl (C=O) groups is 1. The largest absolute Gasteiger partial charge is 0.462 e. The monoisotopic (exact) mass is 987 g/mol. The third kappa shape index (κ3) is 11.5. The van der Waals surface area contributed by atoms with Crippen LogP contribution in [0.2, 0.25) is 18.1 Å². The summed E-state index contributed by atoms with van der Waals surface area (Å²) in [5.41, 5.74) is 0.652. The molecule has 2 N–H and O–H groups in total. The van der Waals surface area contributed by atoms with Crippen LogP contribution in [0.3, 0.4) is 0 Å². The Balaban J connectivity index is 1.22. The summed E-state index contributed by atoms with van der Waals surface area (Å²) < 4.78 is 71.9. The van der Waals surface area contributed by atoms with Crippen molar-refractivity contribution in [3.63, 3.8) is 0 Å². The van der Waals surface area contributed by atoms with Crippen LogP contribution >= 0.6 is 0 Å². The van der Waals surface area contributed by atoms with Crippen LogP contribution in [0.15, 0.2) is 59.3 Å². The number of fused-ring (bicyclic) bond motifs is 2. The van der Waals surface area contributed by atoms with Crippen LogP contribution in [-0.2, 0) is 56.6 Å². The van der Waals surface area contributed by atoms with Crippen LogP contribution in [0.1, 0.15) is 115 Å². The van der Waals surface area contributed by atoms with E-state index in [-0.39, 0.29) is 47.7 Å². The number of hydrogen-bond donors (Lipinski definition) is 2. The summed E-state index contributed by atoms with van der Waals surface area (Å²) in [4.78, 5) is 14.8. The van der Waals surface area contributed by atoms with Gasteiger partial charge >= 0.3 is 5.97 Å². The lowest BCUT2D eigenvalue weighted by atomic mass is 9.71. The van der Waals surface area contributed by atoms with E-state index in [0.29, 0.717) is 37.7 Å². The highest BCUT2D eigenvalue weighted by molar-refractivity contribution is 6.74. The molecule has 14 nitrogen and oxygen atoms in total. The van der Waals surface area contributed by atoms with Gasteiger partial charge in [0.2, 0.25) is 0 Å². The van der Waals surface area contributed by atoms with E-state index in [2.05, 4.69) is 86.7 Å². The summed E-state index contributed by atoms with van der Waals surface area (Å²) in [6.07, 6.45) is 10.0. The fourth-order valence-corrected chi connectivity index (χ4v) is 12.5. The molecule has 6 aliphatic heterocycles. The maximum absolute atomic E-state index is 14.8. The minimum Gasteiger partial charge on any atom is -0.462 e. The summed E-state index contributed by atoms with van der Waals surface area (Å²) in [5, 5.41) is 23.7. The van der Waals surface area contributed by atoms with Gasteiger partial charge in [-0.3, -0.25) is 4.79 Å². The van der Waals surface area contributed by atoms with E-state index < -0.39 is 99.1 Å². The molecule has 7 aliphatic rings. The zero-order valence-corrected chi connectivity index (χ0v) is 45.2. The maximum atomic E-state index is 14.8. The van der Waals surface area contributed by atoms with Crippen LogP contribution in [0.25, 0.3) is 0 Å². The molecule has 1 spiro atoms. The van der Waals surface area contributed by atoms with Gasteiger partial charge in [0.05, 0.1) is 55.4 Å². The number of methoxy groups -OCH3 is 2. The molecule has 1 unspecified atom stereocenters. The van der Waals surface area contributed by atoms with Crippen molar-refractivity contribution >= 4 is 14.3 Å². The Kier molecular flexibility index (Phi) is 17.3. The molecule has 20 atom stereocenters. The highest BCUT2D eigenvalue weighted by atomic mass is 28.4. The predicted molar refractivity (Wildman–Crippen MR) is 263 cm³/mol. The average molecular weight is 987 g/mol. The van der Waals surface area contributed by atoms with Gasteiger partial charge in [0.15, 0.2) is 26.7 Å². The lowest BCUT2D eigenvalue weighted by molar-refractivity contribution is -0.318. The summed E-state index contributed by atoms with van der Waals surface area (Å²) >= 11 is 0. The summed E-state index contributed by atoms with van der Waals surface area (Å²) in [6.45, 7) is 27.5. The number of hydrogen-bond acceptors (Lipinski definition) is 14. The highest BCUT2D eigenvalue weighted by Gasteiger charge is 2.62. The van der Waals surface area contributed by atoms with Crippen molar-refractivity contribution < 1.29 is 66.8 Å². The number of carbonyl (C=O) groups excluding carboxylic acids is 1. The van der Waals surface area contributed by atoms with E-state index >= 15 is 0 Å².